The standard InChI is InChI=1S/C23H26N2OS/c1-18(14-15-19-9-4-2-5-10-19)25-22(26)17-24-23(21-13-8-16-27-21)20-11-6-3-7-12-20/h2-13,16,18,23-24H,14-15,17H2,1H3,(H,25,26)/t18-,23-/m1/s1. The van der Waals surface area contributed by atoms with Crippen molar-refractivity contribution in [1.82, 2.24) is 10.6 Å². The number of carbonyl (C=O) groups is 1. The van der Waals surface area contributed by atoms with E-state index < -0.39 is 0 Å². The van der Waals surface area contributed by atoms with Gasteiger partial charge < -0.3 is 5.32 Å². The van der Waals surface area contributed by atoms with Crippen LogP contribution in [0.2, 0.25) is 0 Å². The zero-order valence-corrected chi connectivity index (χ0v) is 16.4. The van der Waals surface area contributed by atoms with Crippen molar-refractivity contribution < 1.29 is 4.79 Å². The molecule has 0 spiro atoms. The molecule has 0 saturated heterocycles. The number of benzene rings is 2. The third-order valence-corrected chi connectivity index (χ3v) is 5.48. The summed E-state index contributed by atoms with van der Waals surface area (Å²) in [7, 11) is 0. The van der Waals surface area contributed by atoms with E-state index in [1.807, 2.05) is 30.3 Å². The maximum absolute atomic E-state index is 12.4. The Morgan fingerprint density at radius 2 is 1.67 bits per heavy atom. The van der Waals surface area contributed by atoms with Crippen LogP contribution >= 0.6 is 11.3 Å². The fourth-order valence-electron chi connectivity index (χ4n) is 3.10. The van der Waals surface area contributed by atoms with Crippen LogP contribution in [-0.2, 0) is 11.2 Å². The lowest BCUT2D eigenvalue weighted by Crippen LogP contribution is -2.40. The molecule has 1 aromatic heterocycles. The molecule has 3 aromatic rings. The molecule has 0 unspecified atom stereocenters. The normalized spacial score (nSPS) is 13.1. The highest BCUT2D eigenvalue weighted by Gasteiger charge is 2.16. The van der Waals surface area contributed by atoms with E-state index >= 15 is 0 Å². The van der Waals surface area contributed by atoms with Crippen LogP contribution in [0, 0.1) is 0 Å². The van der Waals surface area contributed by atoms with Crippen molar-refractivity contribution in [3.8, 4) is 0 Å². The van der Waals surface area contributed by atoms with Crippen LogP contribution < -0.4 is 10.6 Å². The predicted octanol–water partition coefficient (Wildman–Crippen LogP) is 4.56. The van der Waals surface area contributed by atoms with Crippen molar-refractivity contribution in [2.24, 2.45) is 0 Å². The maximum atomic E-state index is 12.4. The third kappa shape index (κ3) is 6.05. The van der Waals surface area contributed by atoms with Crippen LogP contribution in [0.25, 0.3) is 0 Å². The van der Waals surface area contributed by atoms with Crippen LogP contribution in [0.1, 0.15) is 35.4 Å². The maximum Gasteiger partial charge on any atom is 0.234 e. The van der Waals surface area contributed by atoms with Gasteiger partial charge in [0.1, 0.15) is 0 Å². The molecule has 140 valence electrons. The van der Waals surface area contributed by atoms with Gasteiger partial charge in [-0.2, -0.15) is 0 Å². The van der Waals surface area contributed by atoms with Crippen LogP contribution in [0.3, 0.4) is 0 Å². The molecule has 2 N–H and O–H groups in total. The summed E-state index contributed by atoms with van der Waals surface area (Å²) < 4.78 is 0. The number of carbonyl (C=O) groups excluding carboxylic acids is 1. The first kappa shape index (κ1) is 19.3. The molecule has 2 atom stereocenters. The van der Waals surface area contributed by atoms with Crippen molar-refractivity contribution in [2.45, 2.75) is 31.8 Å². The molecule has 0 aliphatic carbocycles. The molecule has 0 radical (unpaired) electrons. The molecule has 1 heterocycles. The Hall–Kier alpha value is -2.43. The van der Waals surface area contributed by atoms with Crippen molar-refractivity contribution in [3.05, 3.63) is 94.2 Å². The lowest BCUT2D eigenvalue weighted by molar-refractivity contribution is -0.120. The Morgan fingerprint density at radius 3 is 2.33 bits per heavy atom. The highest BCUT2D eigenvalue weighted by molar-refractivity contribution is 7.10. The van der Waals surface area contributed by atoms with Crippen molar-refractivity contribution in [1.29, 1.82) is 0 Å². The molecule has 27 heavy (non-hydrogen) atoms. The minimum absolute atomic E-state index is 0.0352. The van der Waals surface area contributed by atoms with E-state index in [0.717, 1.165) is 12.8 Å². The first-order chi connectivity index (χ1) is 13.2. The monoisotopic (exact) mass is 378 g/mol. The Bertz CT molecular complexity index is 803. The Balaban J connectivity index is 1.50. The van der Waals surface area contributed by atoms with Gasteiger partial charge in [0.25, 0.3) is 0 Å². The lowest BCUT2D eigenvalue weighted by atomic mass is 10.1. The second kappa shape index (κ2) is 10.0. The summed E-state index contributed by atoms with van der Waals surface area (Å²) in [6, 6.07) is 25.0. The zero-order valence-electron chi connectivity index (χ0n) is 15.6. The van der Waals surface area contributed by atoms with Crippen molar-refractivity contribution >= 4 is 17.2 Å². The number of aryl methyl sites for hydroxylation is 1. The molecular formula is C23H26N2OS. The van der Waals surface area contributed by atoms with Crippen molar-refractivity contribution in [2.75, 3.05) is 6.54 Å². The molecule has 0 aliphatic rings. The number of rotatable bonds is 9. The Morgan fingerprint density at radius 1 is 0.963 bits per heavy atom. The minimum atomic E-state index is 0.0352. The van der Waals surface area contributed by atoms with E-state index in [0.29, 0.717) is 6.54 Å². The second-order valence-corrected chi connectivity index (χ2v) is 7.71. The topological polar surface area (TPSA) is 41.1 Å². The van der Waals surface area contributed by atoms with Gasteiger partial charge in [-0.3, -0.25) is 10.1 Å². The van der Waals surface area contributed by atoms with Crippen LogP contribution in [0.15, 0.2) is 78.2 Å². The molecule has 0 bridgehead atoms. The number of hydrogen-bond donors (Lipinski definition) is 2. The number of thiophene rings is 1. The van der Waals surface area contributed by atoms with E-state index in [1.54, 1.807) is 11.3 Å². The van der Waals surface area contributed by atoms with Gasteiger partial charge in [-0.1, -0.05) is 66.7 Å². The summed E-state index contributed by atoms with van der Waals surface area (Å²) in [5.74, 6) is 0.0352. The average molecular weight is 379 g/mol. The summed E-state index contributed by atoms with van der Waals surface area (Å²) in [6.07, 6.45) is 1.90. The molecule has 1 amide bonds. The van der Waals surface area contributed by atoms with E-state index in [9.17, 15) is 4.79 Å². The smallest absolute Gasteiger partial charge is 0.234 e. The SMILES string of the molecule is C[C@H](CCc1ccccc1)NC(=O)CN[C@H](c1ccccc1)c1cccs1. The summed E-state index contributed by atoms with van der Waals surface area (Å²) >= 11 is 1.70. The number of nitrogens with one attached hydrogen (secondary N) is 2. The fourth-order valence-corrected chi connectivity index (χ4v) is 3.93. The minimum Gasteiger partial charge on any atom is -0.353 e. The van der Waals surface area contributed by atoms with Gasteiger partial charge in [0, 0.05) is 10.9 Å². The summed E-state index contributed by atoms with van der Waals surface area (Å²) in [5, 5.41) is 8.59. The van der Waals surface area contributed by atoms with Gasteiger partial charge in [0.15, 0.2) is 0 Å². The highest BCUT2D eigenvalue weighted by Crippen LogP contribution is 2.25. The van der Waals surface area contributed by atoms with Gasteiger partial charge >= 0.3 is 0 Å². The predicted molar refractivity (Wildman–Crippen MR) is 113 cm³/mol. The summed E-state index contributed by atoms with van der Waals surface area (Å²) in [5.41, 5.74) is 2.48. The van der Waals surface area contributed by atoms with E-state index in [-0.39, 0.29) is 18.0 Å². The van der Waals surface area contributed by atoms with Crippen LogP contribution in [0.5, 0.6) is 0 Å². The summed E-state index contributed by atoms with van der Waals surface area (Å²) in [6.45, 7) is 2.36. The van der Waals surface area contributed by atoms with Gasteiger partial charge in [-0.05, 0) is 42.3 Å². The fraction of sp³-hybridized carbons (Fsp3) is 0.261. The largest absolute Gasteiger partial charge is 0.353 e. The average Bonchev–Trinajstić information content (AvgIpc) is 3.23. The molecule has 4 heteroatoms. The second-order valence-electron chi connectivity index (χ2n) is 6.73. The number of amides is 1. The lowest BCUT2D eigenvalue weighted by Gasteiger charge is -2.19. The van der Waals surface area contributed by atoms with Gasteiger partial charge in [-0.25, -0.2) is 0 Å². The van der Waals surface area contributed by atoms with Crippen LogP contribution in [-0.4, -0.2) is 18.5 Å². The van der Waals surface area contributed by atoms with E-state index in [2.05, 4.69) is 65.4 Å². The third-order valence-electron chi connectivity index (χ3n) is 4.54. The van der Waals surface area contributed by atoms with Gasteiger partial charge in [-0.15, -0.1) is 11.3 Å². The highest BCUT2D eigenvalue weighted by atomic mass is 32.1. The van der Waals surface area contributed by atoms with E-state index in [4.69, 9.17) is 0 Å². The van der Waals surface area contributed by atoms with Gasteiger partial charge in [0.2, 0.25) is 5.91 Å². The molecule has 0 fully saturated rings. The molecular weight excluding hydrogens is 352 g/mol. The molecule has 0 aliphatic heterocycles. The van der Waals surface area contributed by atoms with E-state index in [1.165, 1.54) is 16.0 Å². The molecule has 0 saturated carbocycles. The molecule has 2 aromatic carbocycles. The molecule has 3 rings (SSSR count). The molecule has 3 nitrogen and oxygen atoms in total. The Kier molecular flexibility index (Phi) is 7.19. The zero-order chi connectivity index (χ0) is 18.9. The first-order valence-corrected chi connectivity index (χ1v) is 10.3. The Labute approximate surface area is 165 Å². The van der Waals surface area contributed by atoms with Crippen LogP contribution in [0.4, 0.5) is 0 Å². The summed E-state index contributed by atoms with van der Waals surface area (Å²) in [4.78, 5) is 13.6. The number of hydrogen-bond acceptors (Lipinski definition) is 3. The van der Waals surface area contributed by atoms with Gasteiger partial charge in [0.05, 0.1) is 12.6 Å². The first-order valence-electron chi connectivity index (χ1n) is 9.37. The quantitative estimate of drug-likeness (QED) is 0.573. The van der Waals surface area contributed by atoms with Crippen molar-refractivity contribution in [3.63, 3.8) is 0 Å².